The Morgan fingerprint density at radius 1 is 0.344 bits per heavy atom. The quantitative estimate of drug-likeness (QED) is 0.158. The molecule has 3 heteroatoms. The lowest BCUT2D eigenvalue weighted by Gasteiger charge is -2.26. The third-order valence-electron chi connectivity index (χ3n) is 12.7. The first kappa shape index (κ1) is 34.2. The van der Waals surface area contributed by atoms with E-state index in [-0.39, 0.29) is 0 Å². The van der Waals surface area contributed by atoms with Gasteiger partial charge < -0.3 is 9.47 Å². The smallest absolute Gasteiger partial charge is 0.0625 e. The minimum absolute atomic E-state index is 1.10. The second-order valence-electron chi connectivity index (χ2n) is 16.0. The van der Waals surface area contributed by atoms with Gasteiger partial charge in [-0.15, -0.1) is 11.3 Å². The van der Waals surface area contributed by atoms with Crippen LogP contribution in [0.4, 0.5) is 17.1 Å². The predicted octanol–water partition coefficient (Wildman–Crippen LogP) is 16.9. The van der Waals surface area contributed by atoms with Crippen molar-refractivity contribution in [1.82, 2.24) is 4.57 Å². The maximum atomic E-state index is 2.55. The molecule has 61 heavy (non-hydrogen) atoms. The molecule has 0 bridgehead atoms. The topological polar surface area (TPSA) is 8.17 Å². The van der Waals surface area contributed by atoms with Gasteiger partial charge in [0, 0.05) is 59.1 Å². The van der Waals surface area contributed by atoms with Crippen LogP contribution in [0.1, 0.15) is 0 Å². The highest BCUT2D eigenvalue weighted by Crippen LogP contribution is 2.47. The minimum Gasteiger partial charge on any atom is -0.310 e. The largest absolute Gasteiger partial charge is 0.310 e. The van der Waals surface area contributed by atoms with E-state index in [0.717, 1.165) is 28.3 Å². The SMILES string of the molecule is c1ccc(-c2cc3ccccc3c3c2c2ccc(N(c4ccccc4)c4ccc5sc6ccccc6c5c4)cc2n3-c2ccc3c4ccccc4c4ccccc4c3c2)cc1. The molecule has 0 atom stereocenters. The lowest BCUT2D eigenvalue weighted by molar-refractivity contribution is 1.19. The van der Waals surface area contributed by atoms with E-state index in [1.807, 2.05) is 11.3 Å². The van der Waals surface area contributed by atoms with Crippen molar-refractivity contribution in [3.05, 3.63) is 218 Å². The van der Waals surface area contributed by atoms with Crippen molar-refractivity contribution >= 4 is 113 Å². The van der Waals surface area contributed by atoms with Gasteiger partial charge >= 0.3 is 0 Å². The molecule has 0 aliphatic carbocycles. The lowest BCUT2D eigenvalue weighted by Crippen LogP contribution is -2.10. The molecule has 0 fully saturated rings. The first-order valence-electron chi connectivity index (χ1n) is 20.9. The fourth-order valence-corrected chi connectivity index (χ4v) is 11.1. The average molecular weight is 793 g/mol. The molecule has 2 aromatic heterocycles. The highest BCUT2D eigenvalue weighted by atomic mass is 32.1. The number of thiophene rings is 1. The summed E-state index contributed by atoms with van der Waals surface area (Å²) in [5.74, 6) is 0. The maximum Gasteiger partial charge on any atom is 0.0625 e. The molecule has 13 rings (SSSR count). The van der Waals surface area contributed by atoms with Crippen molar-refractivity contribution in [2.75, 3.05) is 4.90 Å². The normalized spacial score (nSPS) is 11.9. The van der Waals surface area contributed by atoms with E-state index in [9.17, 15) is 0 Å². The van der Waals surface area contributed by atoms with Gasteiger partial charge in [0.25, 0.3) is 0 Å². The zero-order chi connectivity index (χ0) is 40.0. The molecule has 2 heterocycles. The monoisotopic (exact) mass is 792 g/mol. The molecule has 0 aliphatic heterocycles. The number of aromatic nitrogens is 1. The summed E-state index contributed by atoms with van der Waals surface area (Å²) < 4.78 is 5.15. The molecule has 0 spiro atoms. The van der Waals surface area contributed by atoms with Crippen molar-refractivity contribution in [3.8, 4) is 16.8 Å². The van der Waals surface area contributed by atoms with Crippen LogP contribution in [-0.4, -0.2) is 4.57 Å². The van der Waals surface area contributed by atoms with E-state index in [1.54, 1.807) is 0 Å². The second kappa shape index (κ2) is 13.4. The van der Waals surface area contributed by atoms with E-state index in [1.165, 1.54) is 90.7 Å². The van der Waals surface area contributed by atoms with E-state index >= 15 is 0 Å². The summed E-state index contributed by atoms with van der Waals surface area (Å²) in [7, 11) is 0. The molecule has 0 saturated carbocycles. The van der Waals surface area contributed by atoms with Crippen LogP contribution in [0.3, 0.4) is 0 Å². The van der Waals surface area contributed by atoms with E-state index in [0.29, 0.717) is 0 Å². The Hall–Kier alpha value is -7.72. The van der Waals surface area contributed by atoms with Crippen LogP contribution in [-0.2, 0) is 0 Å². The Morgan fingerprint density at radius 2 is 0.902 bits per heavy atom. The third-order valence-corrected chi connectivity index (χ3v) is 13.9. The fraction of sp³-hybridized carbons (Fsp3) is 0. The molecule has 0 aliphatic rings. The number of anilines is 3. The summed E-state index contributed by atoms with van der Waals surface area (Å²) in [6.07, 6.45) is 0. The number of nitrogens with zero attached hydrogens (tertiary/aromatic N) is 2. The standard InChI is InChI=1S/C58H36N2S/c1-3-15-37(16-4-1)51-33-38-17-7-8-20-43(38)58-57(51)50-31-28-42(59(39-18-5-2-6-19-39)40-29-32-56-53(35-40)49-25-13-14-26-55(49)61-56)36-54(50)60(58)41-27-30-48-46-23-10-9-21-44(46)45-22-11-12-24-47(45)52(48)34-41/h1-36H. The zero-order valence-electron chi connectivity index (χ0n) is 33.1. The summed E-state index contributed by atoms with van der Waals surface area (Å²) in [6, 6.07) is 80.6. The van der Waals surface area contributed by atoms with Crippen molar-refractivity contribution in [2.24, 2.45) is 0 Å². The van der Waals surface area contributed by atoms with Gasteiger partial charge in [0.2, 0.25) is 0 Å². The molecule has 2 nitrogen and oxygen atoms in total. The molecule has 0 unspecified atom stereocenters. The van der Waals surface area contributed by atoms with Gasteiger partial charge in [-0.1, -0.05) is 152 Å². The number of para-hydroxylation sites is 1. The lowest BCUT2D eigenvalue weighted by atomic mass is 9.94. The van der Waals surface area contributed by atoms with Crippen LogP contribution in [0.2, 0.25) is 0 Å². The molecule has 0 saturated heterocycles. The van der Waals surface area contributed by atoms with Crippen molar-refractivity contribution in [3.63, 3.8) is 0 Å². The van der Waals surface area contributed by atoms with Crippen molar-refractivity contribution < 1.29 is 0 Å². The molecule has 284 valence electrons. The highest BCUT2D eigenvalue weighted by molar-refractivity contribution is 7.25. The van der Waals surface area contributed by atoms with Crippen LogP contribution < -0.4 is 4.90 Å². The van der Waals surface area contributed by atoms with E-state index < -0.39 is 0 Å². The van der Waals surface area contributed by atoms with Crippen molar-refractivity contribution in [2.45, 2.75) is 0 Å². The summed E-state index contributed by atoms with van der Waals surface area (Å²) in [5.41, 5.74) is 9.30. The van der Waals surface area contributed by atoms with E-state index in [2.05, 4.69) is 228 Å². The molecular formula is C58H36N2S. The molecular weight excluding hydrogens is 757 g/mol. The Bertz CT molecular complexity index is 3840. The Labute approximate surface area is 356 Å². The van der Waals surface area contributed by atoms with Gasteiger partial charge in [-0.05, 0) is 116 Å². The Kier molecular flexibility index (Phi) is 7.51. The van der Waals surface area contributed by atoms with Crippen molar-refractivity contribution in [1.29, 1.82) is 0 Å². The maximum absolute atomic E-state index is 2.55. The van der Waals surface area contributed by atoms with Gasteiger partial charge in [0.05, 0.1) is 11.0 Å². The molecule has 0 amide bonds. The van der Waals surface area contributed by atoms with Crippen LogP contribution in [0.15, 0.2) is 218 Å². The summed E-state index contributed by atoms with van der Waals surface area (Å²) in [5, 5.41) is 15.1. The Morgan fingerprint density at radius 3 is 1.66 bits per heavy atom. The first-order chi connectivity index (χ1) is 30.3. The van der Waals surface area contributed by atoms with Crippen LogP contribution >= 0.6 is 11.3 Å². The number of hydrogen-bond acceptors (Lipinski definition) is 2. The average Bonchev–Trinajstić information content (AvgIpc) is 3.88. The number of hydrogen-bond donors (Lipinski definition) is 0. The summed E-state index contributed by atoms with van der Waals surface area (Å²) in [6.45, 7) is 0. The molecule has 13 aromatic rings. The Balaban J connectivity index is 1.16. The molecule has 0 N–H and O–H groups in total. The van der Waals surface area contributed by atoms with Gasteiger partial charge in [-0.25, -0.2) is 0 Å². The fourth-order valence-electron chi connectivity index (χ4n) is 10.0. The van der Waals surface area contributed by atoms with Gasteiger partial charge in [0.15, 0.2) is 0 Å². The summed E-state index contributed by atoms with van der Waals surface area (Å²) >= 11 is 1.86. The second-order valence-corrected chi connectivity index (χ2v) is 17.1. The zero-order valence-corrected chi connectivity index (χ0v) is 33.9. The van der Waals surface area contributed by atoms with Gasteiger partial charge in [0.1, 0.15) is 0 Å². The predicted molar refractivity (Wildman–Crippen MR) is 264 cm³/mol. The number of rotatable bonds is 5. The molecule has 11 aromatic carbocycles. The van der Waals surface area contributed by atoms with Crippen LogP contribution in [0, 0.1) is 0 Å². The number of fused-ring (bicyclic) bond motifs is 14. The minimum atomic E-state index is 1.10. The summed E-state index contributed by atoms with van der Waals surface area (Å²) in [4.78, 5) is 2.42. The van der Waals surface area contributed by atoms with E-state index in [4.69, 9.17) is 0 Å². The first-order valence-corrected chi connectivity index (χ1v) is 21.7. The van der Waals surface area contributed by atoms with Crippen LogP contribution in [0.25, 0.3) is 102 Å². The van der Waals surface area contributed by atoms with Crippen LogP contribution in [0.5, 0.6) is 0 Å². The highest BCUT2D eigenvalue weighted by Gasteiger charge is 2.23. The number of benzene rings is 11. The third kappa shape index (κ3) is 5.21. The molecule has 0 radical (unpaired) electrons. The van der Waals surface area contributed by atoms with Gasteiger partial charge in [-0.2, -0.15) is 0 Å². The van der Waals surface area contributed by atoms with Gasteiger partial charge in [-0.3, -0.25) is 0 Å².